The molecule has 0 spiro atoms. The van der Waals surface area contributed by atoms with Gasteiger partial charge in [0.05, 0.1) is 19.1 Å². The van der Waals surface area contributed by atoms with E-state index in [4.69, 9.17) is 0 Å². The van der Waals surface area contributed by atoms with Gasteiger partial charge in [0, 0.05) is 12.1 Å². The van der Waals surface area contributed by atoms with Crippen LogP contribution in [-0.4, -0.2) is 19.6 Å². The predicted molar refractivity (Wildman–Crippen MR) is 89.9 cm³/mol. The minimum Gasteiger partial charge on any atom is -0.469 e. The van der Waals surface area contributed by atoms with Crippen molar-refractivity contribution in [2.45, 2.75) is 26.1 Å². The van der Waals surface area contributed by atoms with Crippen LogP contribution in [0.1, 0.15) is 23.6 Å². The van der Waals surface area contributed by atoms with Crippen LogP contribution in [-0.2, 0) is 28.7 Å². The Kier molecular flexibility index (Phi) is 6.37. The van der Waals surface area contributed by atoms with Crippen LogP contribution in [0.2, 0.25) is 0 Å². The predicted octanol–water partition coefficient (Wildman–Crippen LogP) is 4.34. The van der Waals surface area contributed by atoms with Gasteiger partial charge in [0.2, 0.25) is 0 Å². The summed E-state index contributed by atoms with van der Waals surface area (Å²) in [6.45, 7) is 2.54. The molecule has 0 radical (unpaired) electrons. The fraction of sp³-hybridized carbons (Fsp3) is 0.316. The van der Waals surface area contributed by atoms with Crippen LogP contribution in [0.25, 0.3) is 11.1 Å². The molecule has 0 heterocycles. The molecule has 0 bridgehead atoms. The topological polar surface area (TPSA) is 38.3 Å². The second kappa shape index (κ2) is 8.31. The third-order valence-electron chi connectivity index (χ3n) is 3.90. The summed E-state index contributed by atoms with van der Waals surface area (Å²) in [4.78, 5) is 11.4. The number of alkyl halides is 3. The van der Waals surface area contributed by atoms with Gasteiger partial charge in [-0.3, -0.25) is 4.79 Å². The van der Waals surface area contributed by atoms with Crippen molar-refractivity contribution in [1.82, 2.24) is 5.32 Å². The Labute approximate surface area is 149 Å². The van der Waals surface area contributed by atoms with Gasteiger partial charge in [0.15, 0.2) is 0 Å². The van der Waals surface area contributed by atoms with Crippen LogP contribution in [0.4, 0.5) is 17.6 Å². The average Bonchev–Trinajstić information content (AvgIpc) is 2.60. The van der Waals surface area contributed by atoms with Gasteiger partial charge < -0.3 is 10.1 Å². The number of hydrogen-bond acceptors (Lipinski definition) is 3. The molecule has 2 aromatic rings. The molecule has 0 fully saturated rings. The molecule has 3 nitrogen and oxygen atoms in total. The summed E-state index contributed by atoms with van der Waals surface area (Å²) in [5.41, 5.74) is 0.551. The molecule has 2 rings (SSSR count). The van der Waals surface area contributed by atoms with Crippen LogP contribution in [0.15, 0.2) is 36.4 Å². The van der Waals surface area contributed by atoms with Crippen LogP contribution in [0.3, 0.4) is 0 Å². The molecule has 0 saturated heterocycles. The Morgan fingerprint density at radius 1 is 1.12 bits per heavy atom. The second-order valence-corrected chi connectivity index (χ2v) is 5.72. The van der Waals surface area contributed by atoms with E-state index in [2.05, 4.69) is 10.1 Å². The first-order valence-corrected chi connectivity index (χ1v) is 8.02. The maximum Gasteiger partial charge on any atom is 0.416 e. The minimum absolute atomic E-state index is 0.0487. The summed E-state index contributed by atoms with van der Waals surface area (Å²) in [6, 6.07) is 7.31. The van der Waals surface area contributed by atoms with E-state index in [1.165, 1.54) is 31.4 Å². The Hall–Kier alpha value is -2.41. The van der Waals surface area contributed by atoms with E-state index in [-0.39, 0.29) is 18.5 Å². The molecule has 0 unspecified atom stereocenters. The van der Waals surface area contributed by atoms with Gasteiger partial charge in [-0.25, -0.2) is 4.39 Å². The SMILES string of the molecule is CCNCc1cc(C(F)(F)F)ccc1-c1cc(CC(=O)OC)ccc1F. The molecule has 0 saturated carbocycles. The molecule has 2 aromatic carbocycles. The van der Waals surface area contributed by atoms with Crippen molar-refractivity contribution >= 4 is 5.97 Å². The number of carbonyl (C=O) groups excluding carboxylic acids is 1. The van der Waals surface area contributed by atoms with Gasteiger partial charge in [0.1, 0.15) is 5.82 Å². The number of ether oxygens (including phenoxy) is 1. The second-order valence-electron chi connectivity index (χ2n) is 5.72. The number of rotatable bonds is 6. The Morgan fingerprint density at radius 2 is 1.85 bits per heavy atom. The van der Waals surface area contributed by atoms with E-state index in [1.54, 1.807) is 0 Å². The molecule has 0 aliphatic rings. The van der Waals surface area contributed by atoms with Crippen molar-refractivity contribution < 1.29 is 27.1 Å². The van der Waals surface area contributed by atoms with Crippen molar-refractivity contribution in [2.75, 3.05) is 13.7 Å². The van der Waals surface area contributed by atoms with Crippen molar-refractivity contribution in [3.8, 4) is 11.1 Å². The van der Waals surface area contributed by atoms with Crippen LogP contribution in [0.5, 0.6) is 0 Å². The molecule has 0 aliphatic heterocycles. The highest BCUT2D eigenvalue weighted by Crippen LogP contribution is 2.34. The van der Waals surface area contributed by atoms with Gasteiger partial charge in [-0.1, -0.05) is 19.1 Å². The summed E-state index contributed by atoms with van der Waals surface area (Å²) < 4.78 is 58.0. The maximum absolute atomic E-state index is 14.4. The first-order chi connectivity index (χ1) is 12.3. The van der Waals surface area contributed by atoms with E-state index in [1.807, 2.05) is 6.92 Å². The fourth-order valence-electron chi connectivity index (χ4n) is 2.57. The molecule has 26 heavy (non-hydrogen) atoms. The van der Waals surface area contributed by atoms with Crippen LogP contribution >= 0.6 is 0 Å². The van der Waals surface area contributed by atoms with E-state index >= 15 is 0 Å². The Morgan fingerprint density at radius 3 is 2.46 bits per heavy atom. The number of esters is 1. The maximum atomic E-state index is 14.4. The molecular formula is C19H19F4NO2. The summed E-state index contributed by atoms with van der Waals surface area (Å²) in [5, 5.41) is 2.96. The third kappa shape index (κ3) is 4.82. The van der Waals surface area contributed by atoms with E-state index in [0.717, 1.165) is 12.1 Å². The molecule has 0 amide bonds. The zero-order valence-corrected chi connectivity index (χ0v) is 14.4. The number of carbonyl (C=O) groups is 1. The molecule has 0 atom stereocenters. The lowest BCUT2D eigenvalue weighted by molar-refractivity contribution is -0.140. The molecule has 0 aromatic heterocycles. The third-order valence-corrected chi connectivity index (χ3v) is 3.90. The normalized spacial score (nSPS) is 11.5. The molecule has 7 heteroatoms. The monoisotopic (exact) mass is 369 g/mol. The molecular weight excluding hydrogens is 350 g/mol. The lowest BCUT2D eigenvalue weighted by Crippen LogP contribution is -2.14. The quantitative estimate of drug-likeness (QED) is 0.608. The number of nitrogens with one attached hydrogen (secondary N) is 1. The first-order valence-electron chi connectivity index (χ1n) is 8.02. The lowest BCUT2D eigenvalue weighted by atomic mass is 9.95. The molecule has 0 aliphatic carbocycles. The minimum atomic E-state index is -4.48. The summed E-state index contributed by atoms with van der Waals surface area (Å²) in [7, 11) is 1.25. The van der Waals surface area contributed by atoms with Crippen molar-refractivity contribution in [1.29, 1.82) is 0 Å². The molecule has 140 valence electrons. The van der Waals surface area contributed by atoms with E-state index in [0.29, 0.717) is 23.2 Å². The average molecular weight is 369 g/mol. The zero-order valence-electron chi connectivity index (χ0n) is 14.4. The standard InChI is InChI=1S/C19H19F4NO2/c1-3-24-11-13-10-14(19(21,22)23)5-6-15(13)16-8-12(4-7-17(16)20)9-18(25)26-2/h4-8,10,24H,3,9,11H2,1-2H3. The van der Waals surface area contributed by atoms with Crippen molar-refractivity contribution in [3.63, 3.8) is 0 Å². The number of hydrogen-bond donors (Lipinski definition) is 1. The largest absolute Gasteiger partial charge is 0.469 e. The lowest BCUT2D eigenvalue weighted by Gasteiger charge is -2.15. The first kappa shape index (κ1) is 19.9. The van der Waals surface area contributed by atoms with Gasteiger partial charge in [-0.2, -0.15) is 13.2 Å². The highest BCUT2D eigenvalue weighted by molar-refractivity contribution is 5.75. The van der Waals surface area contributed by atoms with Crippen LogP contribution < -0.4 is 5.32 Å². The highest BCUT2D eigenvalue weighted by Gasteiger charge is 2.31. The van der Waals surface area contributed by atoms with Crippen molar-refractivity contribution in [2.24, 2.45) is 0 Å². The number of methoxy groups -OCH3 is 1. The van der Waals surface area contributed by atoms with Gasteiger partial charge in [0.25, 0.3) is 0 Å². The summed E-state index contributed by atoms with van der Waals surface area (Å²) in [6.07, 6.45) is -4.53. The number of halogens is 4. The highest BCUT2D eigenvalue weighted by atomic mass is 19.4. The van der Waals surface area contributed by atoms with Crippen molar-refractivity contribution in [3.05, 3.63) is 58.9 Å². The zero-order chi connectivity index (χ0) is 19.3. The Bertz CT molecular complexity index is 788. The molecule has 1 N–H and O–H groups in total. The fourth-order valence-corrected chi connectivity index (χ4v) is 2.57. The Balaban J connectivity index is 2.52. The van der Waals surface area contributed by atoms with Gasteiger partial charge >= 0.3 is 12.1 Å². The van der Waals surface area contributed by atoms with Gasteiger partial charge in [-0.15, -0.1) is 0 Å². The summed E-state index contributed by atoms with van der Waals surface area (Å²) >= 11 is 0. The van der Waals surface area contributed by atoms with E-state index in [9.17, 15) is 22.4 Å². The number of benzene rings is 2. The smallest absolute Gasteiger partial charge is 0.416 e. The van der Waals surface area contributed by atoms with E-state index < -0.39 is 23.5 Å². The van der Waals surface area contributed by atoms with Crippen LogP contribution in [0, 0.1) is 5.82 Å². The summed E-state index contributed by atoms with van der Waals surface area (Å²) in [5.74, 6) is -1.06. The van der Waals surface area contributed by atoms with Gasteiger partial charge in [-0.05, 0) is 47.5 Å².